The molecule has 0 radical (unpaired) electrons. The van der Waals surface area contributed by atoms with Gasteiger partial charge in [-0.05, 0) is 20.8 Å². The molecule has 0 atom stereocenters. The third-order valence-electron chi connectivity index (χ3n) is 0.285. The molecule has 9 heavy (non-hydrogen) atoms. The molecule has 0 aliphatic heterocycles. The van der Waals surface area contributed by atoms with E-state index in [1.807, 2.05) is 20.8 Å². The monoisotopic (exact) mass is 128 g/mol. The predicted octanol–water partition coefficient (Wildman–Crippen LogP) is 2.75. The summed E-state index contributed by atoms with van der Waals surface area (Å²) >= 11 is 0. The van der Waals surface area contributed by atoms with Crippen molar-refractivity contribution in [2.24, 2.45) is 0 Å². The number of rotatable bonds is 2. The SMILES string of the molecule is C=C(C)C.C=COCC. The zero-order chi connectivity index (χ0) is 7.70. The van der Waals surface area contributed by atoms with Crippen LogP contribution >= 0.6 is 0 Å². The highest BCUT2D eigenvalue weighted by atomic mass is 16.5. The first kappa shape index (κ1) is 11.1. The van der Waals surface area contributed by atoms with Crippen LogP contribution in [0, 0.1) is 0 Å². The number of ether oxygens (including phenoxy) is 1. The lowest BCUT2D eigenvalue weighted by Crippen LogP contribution is -1.72. The van der Waals surface area contributed by atoms with Gasteiger partial charge in [0.1, 0.15) is 0 Å². The van der Waals surface area contributed by atoms with E-state index in [1.54, 1.807) is 0 Å². The Labute approximate surface area is 58.0 Å². The average Bonchev–Trinajstić information content (AvgIpc) is 1.66. The van der Waals surface area contributed by atoms with Crippen LogP contribution in [0.15, 0.2) is 25.0 Å². The third kappa shape index (κ3) is 124. The first-order valence-electron chi connectivity index (χ1n) is 2.99. The van der Waals surface area contributed by atoms with Crippen LogP contribution in [0.2, 0.25) is 0 Å². The Morgan fingerprint density at radius 3 is 1.89 bits per heavy atom. The van der Waals surface area contributed by atoms with Gasteiger partial charge < -0.3 is 4.74 Å². The fraction of sp³-hybridized carbons (Fsp3) is 0.500. The van der Waals surface area contributed by atoms with Gasteiger partial charge in [0.25, 0.3) is 0 Å². The van der Waals surface area contributed by atoms with Gasteiger partial charge in [0.15, 0.2) is 0 Å². The molecule has 0 aliphatic rings. The first-order valence-corrected chi connectivity index (χ1v) is 2.99. The minimum absolute atomic E-state index is 0.726. The van der Waals surface area contributed by atoms with E-state index < -0.39 is 0 Å². The van der Waals surface area contributed by atoms with Crippen LogP contribution < -0.4 is 0 Å². The van der Waals surface area contributed by atoms with Gasteiger partial charge in [0.2, 0.25) is 0 Å². The van der Waals surface area contributed by atoms with Gasteiger partial charge >= 0.3 is 0 Å². The molecule has 0 aromatic rings. The van der Waals surface area contributed by atoms with Gasteiger partial charge in [-0.3, -0.25) is 0 Å². The van der Waals surface area contributed by atoms with Gasteiger partial charge in [-0.25, -0.2) is 0 Å². The van der Waals surface area contributed by atoms with E-state index in [2.05, 4.69) is 17.9 Å². The highest BCUT2D eigenvalue weighted by molar-refractivity contribution is 4.78. The molecule has 0 aliphatic carbocycles. The number of hydrogen-bond acceptors (Lipinski definition) is 1. The second-order valence-corrected chi connectivity index (χ2v) is 1.83. The topological polar surface area (TPSA) is 9.23 Å². The minimum Gasteiger partial charge on any atom is -0.502 e. The molecule has 0 bridgehead atoms. The maximum Gasteiger partial charge on any atom is 0.0844 e. The molecule has 0 saturated heterocycles. The summed E-state index contributed by atoms with van der Waals surface area (Å²) in [6.07, 6.45) is 1.43. The van der Waals surface area contributed by atoms with Crippen LogP contribution in [0.4, 0.5) is 0 Å². The summed E-state index contributed by atoms with van der Waals surface area (Å²) in [7, 11) is 0. The lowest BCUT2D eigenvalue weighted by atomic mass is 10.4. The van der Waals surface area contributed by atoms with Crippen molar-refractivity contribution < 1.29 is 4.74 Å². The van der Waals surface area contributed by atoms with Crippen LogP contribution in [0.25, 0.3) is 0 Å². The van der Waals surface area contributed by atoms with E-state index in [0.717, 1.165) is 6.61 Å². The lowest BCUT2D eigenvalue weighted by Gasteiger charge is -1.84. The second-order valence-electron chi connectivity index (χ2n) is 1.83. The zero-order valence-electron chi connectivity index (χ0n) is 6.61. The summed E-state index contributed by atoms with van der Waals surface area (Å²) in [5.41, 5.74) is 1.17. The first-order chi connectivity index (χ1) is 4.15. The van der Waals surface area contributed by atoms with Gasteiger partial charge in [-0.1, -0.05) is 12.2 Å². The Bertz CT molecular complexity index is 70.6. The summed E-state index contributed by atoms with van der Waals surface area (Å²) in [5, 5.41) is 0. The summed E-state index contributed by atoms with van der Waals surface area (Å²) < 4.78 is 4.60. The van der Waals surface area contributed by atoms with Crippen molar-refractivity contribution in [1.82, 2.24) is 0 Å². The van der Waals surface area contributed by atoms with Crippen LogP contribution in [-0.2, 0) is 4.74 Å². The van der Waals surface area contributed by atoms with Crippen LogP contribution in [0.3, 0.4) is 0 Å². The van der Waals surface area contributed by atoms with Gasteiger partial charge in [0.05, 0.1) is 12.9 Å². The molecule has 54 valence electrons. The van der Waals surface area contributed by atoms with Gasteiger partial charge in [0, 0.05) is 0 Å². The van der Waals surface area contributed by atoms with Gasteiger partial charge in [-0.2, -0.15) is 0 Å². The number of hydrogen-bond donors (Lipinski definition) is 0. The second kappa shape index (κ2) is 10.3. The predicted molar refractivity (Wildman–Crippen MR) is 42.3 cm³/mol. The molecule has 0 unspecified atom stereocenters. The average molecular weight is 128 g/mol. The molecule has 1 nitrogen and oxygen atoms in total. The summed E-state index contributed by atoms with van der Waals surface area (Å²) in [4.78, 5) is 0. The molecular formula is C8H16O. The Morgan fingerprint density at radius 2 is 1.89 bits per heavy atom. The molecule has 0 rings (SSSR count). The molecule has 0 N–H and O–H groups in total. The lowest BCUT2D eigenvalue weighted by molar-refractivity contribution is 0.270. The van der Waals surface area contributed by atoms with Crippen molar-refractivity contribution in [2.45, 2.75) is 20.8 Å². The van der Waals surface area contributed by atoms with Crippen LogP contribution in [0.5, 0.6) is 0 Å². The highest BCUT2D eigenvalue weighted by Gasteiger charge is 1.55. The quantitative estimate of drug-likeness (QED) is 0.410. The van der Waals surface area contributed by atoms with Gasteiger partial charge in [-0.15, -0.1) is 6.58 Å². The van der Waals surface area contributed by atoms with Crippen LogP contribution in [0.1, 0.15) is 20.8 Å². The summed E-state index contributed by atoms with van der Waals surface area (Å²) in [6, 6.07) is 0. The maximum atomic E-state index is 4.60. The standard InChI is InChI=1S/C4H8O.C4H8/c1-3-5-4-2;1-4(2)3/h3H,1,4H2,2H3;1H2,2-3H3. The summed E-state index contributed by atoms with van der Waals surface area (Å²) in [5.74, 6) is 0. The van der Waals surface area contributed by atoms with Crippen LogP contribution in [-0.4, -0.2) is 6.61 Å². The van der Waals surface area contributed by atoms with E-state index in [4.69, 9.17) is 0 Å². The van der Waals surface area contributed by atoms with Crippen molar-refractivity contribution in [1.29, 1.82) is 0 Å². The molecule has 0 amide bonds. The van der Waals surface area contributed by atoms with Crippen molar-refractivity contribution in [3.05, 3.63) is 25.0 Å². The van der Waals surface area contributed by atoms with Crippen molar-refractivity contribution in [3.63, 3.8) is 0 Å². The van der Waals surface area contributed by atoms with E-state index in [0.29, 0.717) is 0 Å². The molecule has 0 aromatic carbocycles. The third-order valence-corrected chi connectivity index (χ3v) is 0.285. The Morgan fingerprint density at radius 1 is 1.56 bits per heavy atom. The Balaban J connectivity index is 0. The highest BCUT2D eigenvalue weighted by Crippen LogP contribution is 1.73. The fourth-order valence-corrected chi connectivity index (χ4v) is 0.118. The fourth-order valence-electron chi connectivity index (χ4n) is 0.118. The van der Waals surface area contributed by atoms with E-state index >= 15 is 0 Å². The Kier molecular flexibility index (Phi) is 12.7. The molecule has 1 heteroatoms. The smallest absolute Gasteiger partial charge is 0.0844 e. The van der Waals surface area contributed by atoms with E-state index in [9.17, 15) is 0 Å². The molecule has 0 saturated carbocycles. The largest absolute Gasteiger partial charge is 0.502 e. The van der Waals surface area contributed by atoms with E-state index in [-0.39, 0.29) is 0 Å². The molecular weight excluding hydrogens is 112 g/mol. The van der Waals surface area contributed by atoms with Crippen molar-refractivity contribution >= 4 is 0 Å². The molecule has 0 heterocycles. The van der Waals surface area contributed by atoms with E-state index in [1.165, 1.54) is 11.8 Å². The number of allylic oxidation sites excluding steroid dienone is 1. The molecule has 0 aromatic heterocycles. The van der Waals surface area contributed by atoms with Crippen molar-refractivity contribution in [2.75, 3.05) is 6.61 Å². The zero-order valence-corrected chi connectivity index (χ0v) is 6.61. The van der Waals surface area contributed by atoms with Crippen molar-refractivity contribution in [3.8, 4) is 0 Å². The minimum atomic E-state index is 0.726. The Hall–Kier alpha value is -0.720. The summed E-state index contributed by atoms with van der Waals surface area (Å²) in [6.45, 7) is 13.5. The molecule has 0 spiro atoms. The molecule has 0 fully saturated rings. The normalized spacial score (nSPS) is 6.56. The maximum absolute atomic E-state index is 4.60.